The number of Topliss-reactive ketones (excluding diaryl/α,β-unsaturated/α-hetero) is 1. The van der Waals surface area contributed by atoms with Crippen molar-refractivity contribution in [2.75, 3.05) is 5.75 Å². The smallest absolute Gasteiger partial charge is 0.386 e. The van der Waals surface area contributed by atoms with Crippen LogP contribution >= 0.6 is 0 Å². The number of aliphatic imine (C=N–C) groups is 1. The maximum Gasteiger partial charge on any atom is 0.416 e. The average molecular weight is 550 g/mol. The highest BCUT2D eigenvalue weighted by Crippen LogP contribution is 2.43. The minimum absolute atomic E-state index is 0.111. The lowest BCUT2D eigenvalue weighted by atomic mass is 9.90. The number of nitrogens with zero attached hydrogens (tertiary/aromatic N) is 4. The SMILES string of the molecule is Cc1cnc(C(=O)Cc2ccc(F)c([C@]3(C)CS(=O)(=O)[C@](C)(c4cc(C(F)(F)F)ccn4)C(N)=N3)c2)cn1. The Balaban J connectivity index is 1.75. The first-order valence-electron chi connectivity index (χ1n) is 11.3. The average Bonchev–Trinajstić information content (AvgIpc) is 2.83. The van der Waals surface area contributed by atoms with Crippen molar-refractivity contribution in [3.8, 4) is 0 Å². The van der Waals surface area contributed by atoms with Crippen LogP contribution in [-0.4, -0.2) is 40.7 Å². The first-order valence-corrected chi connectivity index (χ1v) is 12.9. The van der Waals surface area contributed by atoms with E-state index >= 15 is 4.39 Å². The van der Waals surface area contributed by atoms with E-state index in [0.717, 1.165) is 19.2 Å². The van der Waals surface area contributed by atoms with Crippen LogP contribution in [0.5, 0.6) is 0 Å². The molecule has 0 aliphatic carbocycles. The first kappa shape index (κ1) is 27.3. The minimum atomic E-state index is -4.74. The Kier molecular flexibility index (Phi) is 6.63. The molecule has 0 saturated carbocycles. The van der Waals surface area contributed by atoms with Crippen LogP contribution in [-0.2, 0) is 32.7 Å². The molecule has 0 saturated heterocycles. The van der Waals surface area contributed by atoms with Crippen molar-refractivity contribution >= 4 is 21.5 Å². The molecule has 0 bridgehead atoms. The molecule has 13 heteroatoms. The zero-order chi connectivity index (χ0) is 28.1. The highest BCUT2D eigenvalue weighted by molar-refractivity contribution is 7.93. The lowest BCUT2D eigenvalue weighted by molar-refractivity contribution is -0.137. The fourth-order valence-corrected chi connectivity index (χ4v) is 6.33. The maximum atomic E-state index is 15.0. The van der Waals surface area contributed by atoms with Crippen LogP contribution in [0.25, 0.3) is 0 Å². The van der Waals surface area contributed by atoms with Gasteiger partial charge in [-0.3, -0.25) is 19.8 Å². The van der Waals surface area contributed by atoms with Crippen LogP contribution in [0, 0.1) is 12.7 Å². The van der Waals surface area contributed by atoms with Gasteiger partial charge in [0.15, 0.2) is 20.4 Å². The molecule has 2 N–H and O–H groups in total. The first-order chi connectivity index (χ1) is 17.6. The van der Waals surface area contributed by atoms with Gasteiger partial charge in [0.2, 0.25) is 0 Å². The molecule has 1 aromatic carbocycles. The molecule has 1 aliphatic heterocycles. The number of hydrogen-bond acceptors (Lipinski definition) is 8. The van der Waals surface area contributed by atoms with E-state index in [1.807, 2.05) is 0 Å². The second-order valence-corrected chi connectivity index (χ2v) is 11.8. The summed E-state index contributed by atoms with van der Waals surface area (Å²) in [6, 6.07) is 5.12. The lowest BCUT2D eigenvalue weighted by Crippen LogP contribution is -2.55. The van der Waals surface area contributed by atoms with Gasteiger partial charge >= 0.3 is 6.18 Å². The van der Waals surface area contributed by atoms with Gasteiger partial charge in [-0.15, -0.1) is 0 Å². The topological polar surface area (TPSA) is 128 Å². The molecule has 8 nitrogen and oxygen atoms in total. The second kappa shape index (κ2) is 9.22. The van der Waals surface area contributed by atoms with E-state index in [1.165, 1.54) is 31.5 Å². The fourth-order valence-electron chi connectivity index (χ4n) is 4.28. The number of halogens is 4. The molecule has 0 spiro atoms. The predicted octanol–water partition coefficient (Wildman–Crippen LogP) is 3.68. The summed E-state index contributed by atoms with van der Waals surface area (Å²) in [5, 5.41) is 0. The quantitative estimate of drug-likeness (QED) is 0.380. The van der Waals surface area contributed by atoms with E-state index < -0.39 is 55.0 Å². The van der Waals surface area contributed by atoms with E-state index in [9.17, 15) is 26.4 Å². The van der Waals surface area contributed by atoms with Gasteiger partial charge in [-0.1, -0.05) is 6.07 Å². The number of ketones is 1. The van der Waals surface area contributed by atoms with Gasteiger partial charge in [0.05, 0.1) is 28.9 Å². The van der Waals surface area contributed by atoms with E-state index in [4.69, 9.17) is 5.73 Å². The van der Waals surface area contributed by atoms with Crippen LogP contribution < -0.4 is 5.73 Å². The molecule has 2 aromatic heterocycles. The zero-order valence-electron chi connectivity index (χ0n) is 20.5. The molecule has 0 radical (unpaired) electrons. The summed E-state index contributed by atoms with van der Waals surface area (Å²) >= 11 is 0. The normalized spacial score (nSPS) is 23.1. The number of carbonyl (C=O) groups excluding carboxylic acids is 1. The number of benzene rings is 1. The molecule has 3 heterocycles. The number of nitrogens with two attached hydrogens (primary N) is 1. The van der Waals surface area contributed by atoms with Gasteiger partial charge in [-0.2, -0.15) is 13.2 Å². The van der Waals surface area contributed by atoms with Crippen LogP contribution in [0.15, 0.2) is 53.9 Å². The molecular weight excluding hydrogens is 526 g/mol. The van der Waals surface area contributed by atoms with E-state index in [2.05, 4.69) is 19.9 Å². The lowest BCUT2D eigenvalue weighted by Gasteiger charge is -2.39. The van der Waals surface area contributed by atoms with Gasteiger partial charge < -0.3 is 5.73 Å². The molecule has 200 valence electrons. The van der Waals surface area contributed by atoms with Crippen molar-refractivity contribution in [3.63, 3.8) is 0 Å². The summed E-state index contributed by atoms with van der Waals surface area (Å²) in [4.78, 5) is 28.9. The van der Waals surface area contributed by atoms with Crippen LogP contribution in [0.4, 0.5) is 17.6 Å². The highest BCUT2D eigenvalue weighted by atomic mass is 32.2. The van der Waals surface area contributed by atoms with Crippen LogP contribution in [0.3, 0.4) is 0 Å². The monoisotopic (exact) mass is 549 g/mol. The number of sulfone groups is 1. The van der Waals surface area contributed by atoms with Crippen molar-refractivity contribution < 1.29 is 30.8 Å². The van der Waals surface area contributed by atoms with Gasteiger partial charge in [0, 0.05) is 24.4 Å². The number of hydrogen-bond donors (Lipinski definition) is 1. The molecule has 38 heavy (non-hydrogen) atoms. The van der Waals surface area contributed by atoms with E-state index in [-0.39, 0.29) is 23.5 Å². The fraction of sp³-hybridized carbons (Fsp3) is 0.320. The minimum Gasteiger partial charge on any atom is -0.386 e. The summed E-state index contributed by atoms with van der Waals surface area (Å²) in [7, 11) is -4.38. The van der Waals surface area contributed by atoms with Crippen LogP contribution in [0.1, 0.15) is 52.4 Å². The Morgan fingerprint density at radius 3 is 2.39 bits per heavy atom. The van der Waals surface area contributed by atoms with Gasteiger partial charge in [0.25, 0.3) is 0 Å². The van der Waals surface area contributed by atoms with Crippen molar-refractivity contribution in [1.29, 1.82) is 0 Å². The van der Waals surface area contributed by atoms with Gasteiger partial charge in [0.1, 0.15) is 22.9 Å². The number of alkyl halides is 3. The Hall–Kier alpha value is -3.74. The van der Waals surface area contributed by atoms with Crippen molar-refractivity contribution in [3.05, 3.63) is 88.5 Å². The third-order valence-corrected chi connectivity index (χ3v) is 9.17. The molecular formula is C25H23F4N5O3S. The third kappa shape index (κ3) is 4.77. The number of amidine groups is 1. The highest BCUT2D eigenvalue weighted by Gasteiger charge is 2.54. The van der Waals surface area contributed by atoms with Crippen LogP contribution in [0.2, 0.25) is 0 Å². The summed E-state index contributed by atoms with van der Waals surface area (Å²) in [6.45, 7) is 4.19. The summed E-state index contributed by atoms with van der Waals surface area (Å²) in [5.74, 6) is -2.48. The standard InChI is InChI=1S/C25H23F4N5O3S/c1-14-11-33-19(12-32-14)20(35)9-15-4-5-18(26)17(8-15)23(2)13-38(36,37)24(3,22(30)34-23)21-10-16(6-7-31-21)25(27,28)29/h4-8,10-12H,9,13H2,1-3H3,(H2,30,34)/t23-,24+/m0/s1. The maximum absolute atomic E-state index is 15.0. The molecule has 0 fully saturated rings. The largest absolute Gasteiger partial charge is 0.416 e. The zero-order valence-corrected chi connectivity index (χ0v) is 21.4. The third-order valence-electron chi connectivity index (χ3n) is 6.57. The van der Waals surface area contributed by atoms with Gasteiger partial charge in [-0.05, 0) is 50.6 Å². The Morgan fingerprint density at radius 1 is 1.08 bits per heavy atom. The summed E-state index contributed by atoms with van der Waals surface area (Å²) in [6.07, 6.45) is -1.30. The van der Waals surface area contributed by atoms with Gasteiger partial charge in [-0.25, -0.2) is 17.8 Å². The van der Waals surface area contributed by atoms with Crippen molar-refractivity contribution in [2.45, 2.75) is 43.7 Å². The molecule has 0 amide bonds. The molecule has 4 rings (SSSR count). The Bertz CT molecular complexity index is 1560. The molecule has 1 aliphatic rings. The number of aromatic nitrogens is 3. The van der Waals surface area contributed by atoms with E-state index in [0.29, 0.717) is 23.4 Å². The number of pyridine rings is 1. The second-order valence-electron chi connectivity index (χ2n) is 9.45. The van der Waals surface area contributed by atoms with Crippen molar-refractivity contribution in [1.82, 2.24) is 15.0 Å². The number of rotatable bonds is 5. The van der Waals surface area contributed by atoms with Crippen molar-refractivity contribution in [2.24, 2.45) is 10.7 Å². The molecule has 2 atom stereocenters. The summed E-state index contributed by atoms with van der Waals surface area (Å²) in [5.41, 5.74) is 3.81. The van der Waals surface area contributed by atoms with E-state index in [1.54, 1.807) is 6.92 Å². The predicted molar refractivity (Wildman–Crippen MR) is 131 cm³/mol. The Labute approximate surface area is 216 Å². The summed E-state index contributed by atoms with van der Waals surface area (Å²) < 4.78 is 79.9. The number of carbonyl (C=O) groups is 1. The number of aryl methyl sites for hydroxylation is 1. The molecule has 0 unspecified atom stereocenters. The molecule has 3 aromatic rings. The Morgan fingerprint density at radius 2 is 1.79 bits per heavy atom.